The standard InChI is InChI=1S/C15H23N3O6/c1-17(6-12(21)8-19)14(23)10-3-11(5-16-4-10)15(24)18(2)7-13(22)9-20/h3-5,12-13,19-22H,6-9H2,1-2H3. The molecule has 9 heteroatoms. The lowest BCUT2D eigenvalue weighted by Crippen LogP contribution is -2.37. The number of aromatic nitrogens is 1. The van der Waals surface area contributed by atoms with Crippen LogP contribution in [0.4, 0.5) is 0 Å². The lowest BCUT2D eigenvalue weighted by Gasteiger charge is -2.21. The summed E-state index contributed by atoms with van der Waals surface area (Å²) in [5, 5.41) is 36.4. The SMILES string of the molecule is CN(CC(O)CO)C(=O)c1cncc(C(=O)N(C)CC(O)CO)c1. The van der Waals surface area contributed by atoms with Gasteiger partial charge in [0, 0.05) is 39.6 Å². The van der Waals surface area contributed by atoms with Crippen molar-refractivity contribution in [2.45, 2.75) is 12.2 Å². The van der Waals surface area contributed by atoms with Crippen LogP contribution in [0.5, 0.6) is 0 Å². The van der Waals surface area contributed by atoms with Gasteiger partial charge in [0.1, 0.15) is 0 Å². The number of hydrogen-bond donors (Lipinski definition) is 4. The van der Waals surface area contributed by atoms with E-state index >= 15 is 0 Å². The number of carbonyl (C=O) groups is 2. The molecule has 0 aliphatic heterocycles. The van der Waals surface area contributed by atoms with Crippen LogP contribution in [0.1, 0.15) is 20.7 Å². The molecule has 1 aromatic rings. The molecule has 0 aromatic carbocycles. The second kappa shape index (κ2) is 9.28. The first-order chi connectivity index (χ1) is 11.3. The minimum absolute atomic E-state index is 0.0594. The second-order valence-corrected chi connectivity index (χ2v) is 5.51. The molecule has 0 saturated heterocycles. The molecule has 0 fully saturated rings. The van der Waals surface area contributed by atoms with Gasteiger partial charge in [-0.1, -0.05) is 0 Å². The summed E-state index contributed by atoms with van der Waals surface area (Å²) in [5.74, 6) is -0.912. The number of aliphatic hydroxyl groups is 4. The number of likely N-dealkylation sites (N-methyl/N-ethyl adjacent to an activating group) is 2. The Bertz CT molecular complexity index is 523. The fourth-order valence-corrected chi connectivity index (χ4v) is 2.03. The van der Waals surface area contributed by atoms with Crippen molar-refractivity contribution in [2.24, 2.45) is 0 Å². The van der Waals surface area contributed by atoms with Crippen molar-refractivity contribution in [3.63, 3.8) is 0 Å². The number of carbonyl (C=O) groups excluding carboxylic acids is 2. The lowest BCUT2D eigenvalue weighted by atomic mass is 10.1. The lowest BCUT2D eigenvalue weighted by molar-refractivity contribution is 0.0516. The average molecular weight is 341 g/mol. The van der Waals surface area contributed by atoms with E-state index < -0.39 is 37.2 Å². The van der Waals surface area contributed by atoms with Crippen LogP contribution < -0.4 is 0 Å². The predicted octanol–water partition coefficient (Wildman–Crippen LogP) is -2.07. The van der Waals surface area contributed by atoms with Crippen LogP contribution in [0.15, 0.2) is 18.5 Å². The van der Waals surface area contributed by atoms with Crippen molar-refractivity contribution in [1.82, 2.24) is 14.8 Å². The number of nitrogens with zero attached hydrogens (tertiary/aromatic N) is 3. The van der Waals surface area contributed by atoms with Crippen molar-refractivity contribution in [3.8, 4) is 0 Å². The summed E-state index contributed by atoms with van der Waals surface area (Å²) < 4.78 is 0. The molecule has 0 aliphatic rings. The number of rotatable bonds is 8. The van der Waals surface area contributed by atoms with Gasteiger partial charge in [-0.05, 0) is 6.07 Å². The van der Waals surface area contributed by atoms with E-state index in [1.165, 1.54) is 42.4 Å². The molecule has 24 heavy (non-hydrogen) atoms. The van der Waals surface area contributed by atoms with Crippen molar-refractivity contribution in [1.29, 1.82) is 0 Å². The molecule has 1 rings (SSSR count). The molecular weight excluding hydrogens is 318 g/mol. The van der Waals surface area contributed by atoms with Gasteiger partial charge in [0.05, 0.1) is 36.5 Å². The summed E-state index contributed by atoms with van der Waals surface area (Å²) in [6.07, 6.45) is 0.484. The maximum absolute atomic E-state index is 12.3. The topological polar surface area (TPSA) is 134 Å². The Hall–Kier alpha value is -2.07. The summed E-state index contributed by atoms with van der Waals surface area (Å²) in [6, 6.07) is 1.36. The summed E-state index contributed by atoms with van der Waals surface area (Å²) in [6.45, 7) is -1.05. The summed E-state index contributed by atoms with van der Waals surface area (Å²) in [7, 11) is 2.92. The van der Waals surface area contributed by atoms with Crippen molar-refractivity contribution >= 4 is 11.8 Å². The van der Waals surface area contributed by atoms with Crippen molar-refractivity contribution in [2.75, 3.05) is 40.4 Å². The van der Waals surface area contributed by atoms with E-state index in [0.717, 1.165) is 0 Å². The maximum Gasteiger partial charge on any atom is 0.255 e. The first-order valence-corrected chi connectivity index (χ1v) is 7.34. The summed E-state index contributed by atoms with van der Waals surface area (Å²) >= 11 is 0. The first kappa shape index (κ1) is 20.0. The third kappa shape index (κ3) is 5.53. The van der Waals surface area contributed by atoms with E-state index in [4.69, 9.17) is 10.2 Å². The van der Waals surface area contributed by atoms with Crippen LogP contribution in [0, 0.1) is 0 Å². The monoisotopic (exact) mass is 341 g/mol. The molecule has 2 atom stereocenters. The fraction of sp³-hybridized carbons (Fsp3) is 0.533. The molecule has 134 valence electrons. The summed E-state index contributed by atoms with van der Waals surface area (Å²) in [4.78, 5) is 30.8. The van der Waals surface area contributed by atoms with Gasteiger partial charge in [-0.15, -0.1) is 0 Å². The molecule has 0 saturated carbocycles. The van der Waals surface area contributed by atoms with E-state index in [9.17, 15) is 19.8 Å². The Morgan fingerprint density at radius 1 is 0.958 bits per heavy atom. The zero-order valence-corrected chi connectivity index (χ0v) is 13.7. The second-order valence-electron chi connectivity index (χ2n) is 5.51. The Labute approximate surface area is 139 Å². The van der Waals surface area contributed by atoms with Crippen LogP contribution in [0.25, 0.3) is 0 Å². The van der Waals surface area contributed by atoms with Crippen molar-refractivity contribution in [3.05, 3.63) is 29.6 Å². The molecule has 1 heterocycles. The van der Waals surface area contributed by atoms with Gasteiger partial charge in [-0.25, -0.2) is 0 Å². The minimum atomic E-state index is -1.05. The van der Waals surface area contributed by atoms with E-state index in [1.54, 1.807) is 0 Å². The number of pyridine rings is 1. The molecular formula is C15H23N3O6. The van der Waals surface area contributed by atoms with Crippen LogP contribution in [0.3, 0.4) is 0 Å². The minimum Gasteiger partial charge on any atom is -0.394 e. The Morgan fingerprint density at radius 3 is 1.67 bits per heavy atom. The maximum atomic E-state index is 12.3. The highest BCUT2D eigenvalue weighted by Crippen LogP contribution is 2.09. The van der Waals surface area contributed by atoms with Gasteiger partial charge in [0.15, 0.2) is 0 Å². The molecule has 0 aliphatic carbocycles. The van der Waals surface area contributed by atoms with Crippen LogP contribution in [-0.4, -0.2) is 99.6 Å². The van der Waals surface area contributed by atoms with E-state index in [-0.39, 0.29) is 24.2 Å². The Balaban J connectivity index is 2.85. The number of aliphatic hydroxyl groups excluding tert-OH is 4. The molecule has 1 aromatic heterocycles. The molecule has 2 unspecified atom stereocenters. The van der Waals surface area contributed by atoms with Gasteiger partial charge >= 0.3 is 0 Å². The number of hydrogen-bond acceptors (Lipinski definition) is 7. The largest absolute Gasteiger partial charge is 0.394 e. The molecule has 0 bridgehead atoms. The highest BCUT2D eigenvalue weighted by Gasteiger charge is 2.19. The molecule has 4 N–H and O–H groups in total. The normalized spacial score (nSPS) is 13.2. The van der Waals surface area contributed by atoms with Crippen LogP contribution in [-0.2, 0) is 0 Å². The van der Waals surface area contributed by atoms with Gasteiger partial charge in [0.25, 0.3) is 11.8 Å². The molecule has 9 nitrogen and oxygen atoms in total. The highest BCUT2D eigenvalue weighted by molar-refractivity contribution is 5.99. The van der Waals surface area contributed by atoms with Gasteiger partial charge in [0.2, 0.25) is 0 Å². The molecule has 0 spiro atoms. The average Bonchev–Trinajstić information content (AvgIpc) is 2.59. The summed E-state index contributed by atoms with van der Waals surface area (Å²) in [5.41, 5.74) is 0.314. The van der Waals surface area contributed by atoms with Gasteiger partial charge in [-0.3, -0.25) is 14.6 Å². The number of amides is 2. The molecule has 0 radical (unpaired) electrons. The van der Waals surface area contributed by atoms with E-state index in [1.807, 2.05) is 0 Å². The van der Waals surface area contributed by atoms with Gasteiger partial charge < -0.3 is 30.2 Å². The Morgan fingerprint density at radius 2 is 1.33 bits per heavy atom. The molecule has 2 amide bonds. The smallest absolute Gasteiger partial charge is 0.255 e. The highest BCUT2D eigenvalue weighted by atomic mass is 16.3. The van der Waals surface area contributed by atoms with Crippen LogP contribution >= 0.6 is 0 Å². The quantitative estimate of drug-likeness (QED) is 0.427. The van der Waals surface area contributed by atoms with E-state index in [0.29, 0.717) is 0 Å². The Kier molecular flexibility index (Phi) is 7.72. The third-order valence-electron chi connectivity index (χ3n) is 3.32. The first-order valence-electron chi connectivity index (χ1n) is 7.34. The zero-order valence-electron chi connectivity index (χ0n) is 13.7. The zero-order chi connectivity index (χ0) is 18.3. The van der Waals surface area contributed by atoms with Gasteiger partial charge in [-0.2, -0.15) is 0 Å². The van der Waals surface area contributed by atoms with E-state index in [2.05, 4.69) is 4.98 Å². The third-order valence-corrected chi connectivity index (χ3v) is 3.32. The van der Waals surface area contributed by atoms with Crippen LogP contribution in [0.2, 0.25) is 0 Å². The van der Waals surface area contributed by atoms with Crippen molar-refractivity contribution < 1.29 is 30.0 Å². The predicted molar refractivity (Wildman–Crippen MR) is 84.3 cm³/mol. The fourth-order valence-electron chi connectivity index (χ4n) is 2.03.